The molecule has 1 aromatic carbocycles. The van der Waals surface area contributed by atoms with Crippen LogP contribution in [0.2, 0.25) is 0 Å². The molecule has 0 aromatic heterocycles. The van der Waals surface area contributed by atoms with E-state index in [1.54, 1.807) is 0 Å². The normalized spacial score (nSPS) is 36.7. The smallest absolute Gasteiger partial charge is 0.218 e. The summed E-state index contributed by atoms with van der Waals surface area (Å²) >= 11 is 0. The predicted octanol–water partition coefficient (Wildman–Crippen LogP) is 2.83. The number of ether oxygens (including phenoxy) is 4. The molecule has 0 radical (unpaired) electrons. The van der Waals surface area contributed by atoms with Gasteiger partial charge in [-0.05, 0) is 6.07 Å². The van der Waals surface area contributed by atoms with E-state index in [-0.39, 0.29) is 18.4 Å². The lowest BCUT2D eigenvalue weighted by molar-refractivity contribution is -0.331. The molecule has 1 aromatic rings. The van der Waals surface area contributed by atoms with Gasteiger partial charge in [-0.1, -0.05) is 6.07 Å². The zero-order chi connectivity index (χ0) is 22.1. The van der Waals surface area contributed by atoms with Crippen LogP contribution >= 0.6 is 0 Å². The molecule has 4 fully saturated rings. The minimum atomic E-state index is -2.33. The van der Waals surface area contributed by atoms with E-state index in [2.05, 4.69) is 0 Å². The Bertz CT molecular complexity index is 1100. The minimum Gasteiger partial charge on any atom is -0.447 e. The highest BCUT2D eigenvalue weighted by molar-refractivity contribution is 5.89. The summed E-state index contributed by atoms with van der Waals surface area (Å²) in [5, 5.41) is 39.2. The van der Waals surface area contributed by atoms with Crippen LogP contribution < -0.4 is 0 Å². The quantitative estimate of drug-likeness (QED) is 0.730. The molecular formula is C21H16F2N4O4. The molecule has 8 nitrogen and oxygen atoms in total. The van der Waals surface area contributed by atoms with Crippen LogP contribution in [0.3, 0.4) is 0 Å². The van der Waals surface area contributed by atoms with Crippen molar-refractivity contribution in [3.63, 3.8) is 0 Å². The summed E-state index contributed by atoms with van der Waals surface area (Å²) in [6.07, 6.45) is -1.06. The van der Waals surface area contributed by atoms with Gasteiger partial charge in [0.25, 0.3) is 0 Å². The third kappa shape index (κ3) is 2.21. The lowest BCUT2D eigenvalue weighted by Crippen LogP contribution is -2.63. The predicted molar refractivity (Wildman–Crippen MR) is 95.4 cm³/mol. The molecule has 1 aliphatic carbocycles. The lowest BCUT2D eigenvalue weighted by atomic mass is 9.51. The Kier molecular flexibility index (Phi) is 3.98. The van der Waals surface area contributed by atoms with Crippen LogP contribution in [0.15, 0.2) is 18.2 Å². The van der Waals surface area contributed by atoms with Crippen molar-refractivity contribution in [3.05, 3.63) is 35.4 Å². The van der Waals surface area contributed by atoms with E-state index >= 15 is 0 Å². The van der Waals surface area contributed by atoms with E-state index in [9.17, 15) is 24.6 Å². The van der Waals surface area contributed by atoms with Crippen LogP contribution in [0.25, 0.3) is 0 Å². The Hall–Kier alpha value is -3.10. The van der Waals surface area contributed by atoms with Crippen LogP contribution in [0.1, 0.15) is 30.9 Å². The summed E-state index contributed by atoms with van der Waals surface area (Å²) in [5.74, 6) is -5.96. The number of hydrogen-bond acceptors (Lipinski definition) is 8. The van der Waals surface area contributed by atoms with Gasteiger partial charge in [-0.2, -0.15) is 15.8 Å². The lowest BCUT2D eigenvalue weighted by Gasteiger charge is -2.54. The molecule has 0 amide bonds. The molecule has 2 bridgehead atoms. The molecule has 5 rings (SSSR count). The second kappa shape index (κ2) is 6.21. The SMILES string of the molecule is N#CC1(C#N)C(c2ccc(F)cc2F)OC23CCC4(CC2C1(C#N)C(=N)O3)OCCO4. The third-order valence-electron chi connectivity index (χ3n) is 6.98. The number of hydrogen-bond donors (Lipinski definition) is 1. The van der Waals surface area contributed by atoms with E-state index < -0.39 is 52.0 Å². The van der Waals surface area contributed by atoms with Gasteiger partial charge in [-0.3, -0.25) is 5.41 Å². The van der Waals surface area contributed by atoms with E-state index in [1.807, 2.05) is 18.2 Å². The number of nitriles is 3. The van der Waals surface area contributed by atoms with Crippen molar-refractivity contribution < 1.29 is 27.7 Å². The van der Waals surface area contributed by atoms with Gasteiger partial charge >= 0.3 is 0 Å². The van der Waals surface area contributed by atoms with Gasteiger partial charge in [0.05, 0.1) is 37.3 Å². The van der Waals surface area contributed by atoms with Crippen molar-refractivity contribution in [1.29, 1.82) is 21.2 Å². The number of nitrogens with zero attached hydrogens (tertiary/aromatic N) is 3. The zero-order valence-electron chi connectivity index (χ0n) is 16.2. The maximum Gasteiger partial charge on any atom is 0.218 e. The molecular weight excluding hydrogens is 410 g/mol. The molecule has 4 unspecified atom stereocenters. The summed E-state index contributed by atoms with van der Waals surface area (Å²) in [7, 11) is 0. The van der Waals surface area contributed by atoms with Crippen LogP contribution in [0.4, 0.5) is 8.78 Å². The van der Waals surface area contributed by atoms with Crippen molar-refractivity contribution in [2.24, 2.45) is 16.7 Å². The second-order valence-electron chi connectivity index (χ2n) is 8.22. The Labute approximate surface area is 176 Å². The maximum absolute atomic E-state index is 14.8. The molecule has 3 heterocycles. The largest absolute Gasteiger partial charge is 0.447 e. The van der Waals surface area contributed by atoms with Crippen LogP contribution in [-0.4, -0.2) is 30.7 Å². The van der Waals surface area contributed by atoms with E-state index in [1.165, 1.54) is 0 Å². The number of nitrogens with one attached hydrogen (secondary N) is 1. The van der Waals surface area contributed by atoms with E-state index in [4.69, 9.17) is 24.4 Å². The van der Waals surface area contributed by atoms with Crippen molar-refractivity contribution in [1.82, 2.24) is 0 Å². The van der Waals surface area contributed by atoms with Crippen LogP contribution in [0.5, 0.6) is 0 Å². The first-order valence-corrected chi connectivity index (χ1v) is 9.74. The Morgan fingerprint density at radius 1 is 1.03 bits per heavy atom. The van der Waals surface area contributed by atoms with Gasteiger partial charge in [0.15, 0.2) is 11.2 Å². The molecule has 4 atom stereocenters. The molecule has 10 heteroatoms. The fourth-order valence-electron chi connectivity index (χ4n) is 5.54. The second-order valence-corrected chi connectivity index (χ2v) is 8.22. The first kappa shape index (κ1) is 19.8. The first-order chi connectivity index (χ1) is 14.8. The summed E-state index contributed by atoms with van der Waals surface area (Å²) in [6.45, 7) is 0.701. The molecule has 3 aliphatic heterocycles. The summed E-state index contributed by atoms with van der Waals surface area (Å²) in [5.41, 5.74) is -4.66. The summed E-state index contributed by atoms with van der Waals surface area (Å²) < 4.78 is 51.8. The van der Waals surface area contributed by atoms with Crippen molar-refractivity contribution in [3.8, 4) is 18.2 Å². The van der Waals surface area contributed by atoms with Crippen molar-refractivity contribution in [2.45, 2.75) is 36.9 Å². The average Bonchev–Trinajstić information content (AvgIpc) is 3.28. The maximum atomic E-state index is 14.8. The van der Waals surface area contributed by atoms with E-state index in [0.717, 1.165) is 12.1 Å². The monoisotopic (exact) mass is 426 g/mol. The first-order valence-electron chi connectivity index (χ1n) is 9.74. The number of halogens is 2. The average molecular weight is 426 g/mol. The zero-order valence-corrected chi connectivity index (χ0v) is 16.2. The topological polar surface area (TPSA) is 132 Å². The molecule has 1 N–H and O–H groups in total. The van der Waals surface area contributed by atoms with Gasteiger partial charge < -0.3 is 18.9 Å². The fraction of sp³-hybridized carbons (Fsp3) is 0.524. The third-order valence-corrected chi connectivity index (χ3v) is 6.98. The highest BCUT2D eigenvalue weighted by Crippen LogP contribution is 2.70. The standard InChI is InChI=1S/C21H16F2N4O4/c22-12-1-2-13(14(23)7-12)16-18(9-24,10-25)20(11-26)15-8-19(28-5-6-29-19)3-4-21(15,30-16)31-17(20)27/h1-2,7,15-16,27H,3-6,8H2. The Morgan fingerprint density at radius 3 is 2.35 bits per heavy atom. The number of benzene rings is 1. The van der Waals surface area contributed by atoms with Gasteiger partial charge in [0.2, 0.25) is 17.1 Å². The fourth-order valence-corrected chi connectivity index (χ4v) is 5.54. The number of rotatable bonds is 1. The summed E-state index contributed by atoms with van der Waals surface area (Å²) in [6, 6.07) is 8.37. The highest BCUT2D eigenvalue weighted by Gasteiger charge is 2.82. The van der Waals surface area contributed by atoms with Gasteiger partial charge in [0.1, 0.15) is 17.7 Å². The van der Waals surface area contributed by atoms with Gasteiger partial charge in [0, 0.05) is 30.9 Å². The summed E-state index contributed by atoms with van der Waals surface area (Å²) in [4.78, 5) is 0. The van der Waals surface area contributed by atoms with Gasteiger partial charge in [-0.25, -0.2) is 8.78 Å². The van der Waals surface area contributed by atoms with Crippen LogP contribution in [-0.2, 0) is 18.9 Å². The molecule has 1 spiro atoms. The molecule has 4 aliphatic rings. The van der Waals surface area contributed by atoms with E-state index in [0.29, 0.717) is 25.7 Å². The molecule has 1 saturated carbocycles. The Morgan fingerprint density at radius 2 is 1.74 bits per heavy atom. The van der Waals surface area contributed by atoms with Crippen molar-refractivity contribution >= 4 is 5.90 Å². The molecule has 31 heavy (non-hydrogen) atoms. The molecule has 3 saturated heterocycles. The van der Waals surface area contributed by atoms with Gasteiger partial charge in [-0.15, -0.1) is 0 Å². The van der Waals surface area contributed by atoms with Crippen molar-refractivity contribution in [2.75, 3.05) is 13.2 Å². The molecule has 158 valence electrons. The minimum absolute atomic E-state index is 0.0622. The Balaban J connectivity index is 1.74. The van der Waals surface area contributed by atoms with Crippen LogP contribution in [0, 0.1) is 67.8 Å². The highest BCUT2D eigenvalue weighted by atomic mass is 19.1.